The molecule has 0 bridgehead atoms. The molecule has 1 fully saturated rings. The van der Waals surface area contributed by atoms with Gasteiger partial charge in [-0.25, -0.2) is 13.2 Å². The summed E-state index contributed by atoms with van der Waals surface area (Å²) >= 11 is 1.47. The summed E-state index contributed by atoms with van der Waals surface area (Å²) in [5, 5.41) is 8.18. The van der Waals surface area contributed by atoms with Gasteiger partial charge in [0, 0.05) is 36.8 Å². The van der Waals surface area contributed by atoms with E-state index < -0.39 is 27.1 Å². The first-order valence-corrected chi connectivity index (χ1v) is 9.80. The first-order valence-electron chi connectivity index (χ1n) is 6.69. The van der Waals surface area contributed by atoms with Crippen molar-refractivity contribution in [2.45, 2.75) is 18.7 Å². The first kappa shape index (κ1) is 16.9. The second-order valence-corrected chi connectivity index (χ2v) is 8.32. The zero-order valence-electron chi connectivity index (χ0n) is 12.2. The second-order valence-electron chi connectivity index (χ2n) is 4.96. The molecule has 122 valence electrons. The Labute approximate surface area is 132 Å². The van der Waals surface area contributed by atoms with Crippen LogP contribution in [0.3, 0.4) is 0 Å². The van der Waals surface area contributed by atoms with Gasteiger partial charge in [0.1, 0.15) is 16.7 Å². The van der Waals surface area contributed by atoms with Crippen molar-refractivity contribution in [3.8, 4) is 0 Å². The number of sulfone groups is 1. The van der Waals surface area contributed by atoms with Crippen molar-refractivity contribution in [3.05, 3.63) is 23.2 Å². The van der Waals surface area contributed by atoms with Crippen molar-refractivity contribution < 1.29 is 27.5 Å². The molecule has 1 amide bonds. The Morgan fingerprint density at radius 3 is 2.68 bits per heavy atom. The topological polar surface area (TPSA) is 105 Å². The number of nitrogens with zero attached hydrogens (tertiary/aromatic N) is 1. The summed E-state index contributed by atoms with van der Waals surface area (Å²) in [6, 6.07) is 1.17. The maximum Gasteiger partial charge on any atom is 0.339 e. The number of rotatable bonds is 4. The van der Waals surface area contributed by atoms with Gasteiger partial charge in [0.15, 0.2) is 15.6 Å². The number of carboxylic acids is 1. The maximum atomic E-state index is 12.5. The van der Waals surface area contributed by atoms with Crippen LogP contribution >= 0.6 is 11.8 Å². The van der Waals surface area contributed by atoms with E-state index in [1.165, 1.54) is 22.7 Å². The zero-order chi connectivity index (χ0) is 16.5. The van der Waals surface area contributed by atoms with Gasteiger partial charge in [-0.3, -0.25) is 4.79 Å². The fraction of sp³-hybridized carbons (Fsp3) is 0.538. The first-order chi connectivity index (χ1) is 10.3. The molecule has 1 aliphatic rings. The van der Waals surface area contributed by atoms with Gasteiger partial charge in [0.2, 0.25) is 0 Å². The van der Waals surface area contributed by atoms with E-state index in [1.807, 2.05) is 0 Å². The summed E-state index contributed by atoms with van der Waals surface area (Å²) in [6.45, 7) is 2.00. The minimum Gasteiger partial charge on any atom is -0.478 e. The van der Waals surface area contributed by atoms with Gasteiger partial charge in [-0.15, -0.1) is 0 Å². The van der Waals surface area contributed by atoms with Crippen molar-refractivity contribution in [1.29, 1.82) is 0 Å². The molecule has 1 atom stereocenters. The molecule has 0 aromatic carbocycles. The highest BCUT2D eigenvalue weighted by atomic mass is 32.2. The molecule has 2 heterocycles. The van der Waals surface area contributed by atoms with Crippen LogP contribution in [0, 0.1) is 0 Å². The molecule has 0 saturated carbocycles. The third-order valence-corrected chi connectivity index (χ3v) is 6.05. The Morgan fingerprint density at radius 1 is 1.50 bits per heavy atom. The lowest BCUT2D eigenvalue weighted by molar-refractivity contribution is 0.0690. The van der Waals surface area contributed by atoms with E-state index in [0.29, 0.717) is 17.9 Å². The van der Waals surface area contributed by atoms with Crippen LogP contribution in [0.1, 0.15) is 33.6 Å². The van der Waals surface area contributed by atoms with Gasteiger partial charge in [-0.05, 0) is 0 Å². The van der Waals surface area contributed by atoms with Gasteiger partial charge in [-0.2, -0.15) is 11.8 Å². The number of aryl methyl sites for hydroxylation is 1. The summed E-state index contributed by atoms with van der Waals surface area (Å²) in [6.07, 6.45) is 1.42. The van der Waals surface area contributed by atoms with Gasteiger partial charge in [-0.1, -0.05) is 6.92 Å². The molecule has 2 rings (SSSR count). The van der Waals surface area contributed by atoms with Crippen LogP contribution in [0.15, 0.2) is 10.5 Å². The van der Waals surface area contributed by atoms with Crippen molar-refractivity contribution in [2.24, 2.45) is 0 Å². The lowest BCUT2D eigenvalue weighted by Gasteiger charge is -2.33. The normalized spacial score (nSPS) is 19.2. The van der Waals surface area contributed by atoms with E-state index in [-0.39, 0.29) is 23.6 Å². The molecule has 0 aliphatic carbocycles. The highest BCUT2D eigenvalue weighted by Crippen LogP contribution is 2.24. The number of thioether (sulfide) groups is 1. The van der Waals surface area contributed by atoms with Crippen LogP contribution in [0.2, 0.25) is 0 Å². The minimum absolute atomic E-state index is 0.0619. The standard InChI is InChI=1S/C13H17NO6S2/c1-3-9-8(13(16)17)6-10(20-9)12(15)14-4-5-21-7-11(14)22(2,18)19/h6,11H,3-5,7H2,1-2H3,(H,16,17). The van der Waals surface area contributed by atoms with Crippen LogP contribution in [0.25, 0.3) is 0 Å². The van der Waals surface area contributed by atoms with Crippen LogP contribution < -0.4 is 0 Å². The molecule has 1 aromatic heterocycles. The van der Waals surface area contributed by atoms with E-state index in [9.17, 15) is 18.0 Å². The monoisotopic (exact) mass is 347 g/mol. The highest BCUT2D eigenvalue weighted by Gasteiger charge is 2.36. The summed E-state index contributed by atoms with van der Waals surface area (Å²) in [4.78, 5) is 24.9. The summed E-state index contributed by atoms with van der Waals surface area (Å²) < 4.78 is 29.0. The predicted octanol–water partition coefficient (Wildman–Crippen LogP) is 1.10. The molecule has 0 spiro atoms. The molecule has 1 saturated heterocycles. The molecule has 7 nitrogen and oxygen atoms in total. The molecule has 1 unspecified atom stereocenters. The summed E-state index contributed by atoms with van der Waals surface area (Å²) in [5.74, 6) is -0.748. The number of aromatic carboxylic acids is 1. The summed E-state index contributed by atoms with van der Waals surface area (Å²) in [5.41, 5.74) is -0.0619. The lowest BCUT2D eigenvalue weighted by Crippen LogP contribution is -2.49. The largest absolute Gasteiger partial charge is 0.478 e. The van der Waals surface area contributed by atoms with Crippen LogP contribution in [-0.4, -0.2) is 60.0 Å². The Bertz CT molecular complexity index is 693. The third-order valence-electron chi connectivity index (χ3n) is 3.41. The fourth-order valence-corrected chi connectivity index (χ4v) is 5.10. The van der Waals surface area contributed by atoms with Gasteiger partial charge in [0.25, 0.3) is 5.91 Å². The minimum atomic E-state index is -3.43. The second kappa shape index (κ2) is 6.33. The maximum absolute atomic E-state index is 12.5. The van der Waals surface area contributed by atoms with Gasteiger partial charge in [0.05, 0.1) is 0 Å². The van der Waals surface area contributed by atoms with Crippen molar-refractivity contribution in [2.75, 3.05) is 24.3 Å². The molecule has 9 heteroatoms. The molecule has 0 radical (unpaired) electrons. The van der Waals surface area contributed by atoms with Crippen molar-refractivity contribution in [3.63, 3.8) is 0 Å². The quantitative estimate of drug-likeness (QED) is 0.869. The molecule has 1 aliphatic heterocycles. The van der Waals surface area contributed by atoms with E-state index >= 15 is 0 Å². The summed E-state index contributed by atoms with van der Waals surface area (Å²) in [7, 11) is -3.43. The SMILES string of the molecule is CCc1oc(C(=O)N2CCSCC2S(C)(=O)=O)cc1C(=O)O. The number of hydrogen-bond acceptors (Lipinski definition) is 6. The van der Waals surface area contributed by atoms with Crippen molar-refractivity contribution in [1.82, 2.24) is 4.90 Å². The van der Waals surface area contributed by atoms with Gasteiger partial charge >= 0.3 is 5.97 Å². The van der Waals surface area contributed by atoms with E-state index in [2.05, 4.69) is 0 Å². The van der Waals surface area contributed by atoms with E-state index in [1.54, 1.807) is 6.92 Å². The Hall–Kier alpha value is -1.48. The zero-order valence-corrected chi connectivity index (χ0v) is 13.9. The van der Waals surface area contributed by atoms with Crippen LogP contribution in [0.4, 0.5) is 0 Å². The van der Waals surface area contributed by atoms with Gasteiger partial charge < -0.3 is 14.4 Å². The highest BCUT2D eigenvalue weighted by molar-refractivity contribution is 8.00. The molecular weight excluding hydrogens is 330 g/mol. The average molecular weight is 347 g/mol. The Morgan fingerprint density at radius 2 is 2.18 bits per heavy atom. The van der Waals surface area contributed by atoms with E-state index in [4.69, 9.17) is 9.52 Å². The molecule has 1 aromatic rings. The number of carbonyl (C=O) groups is 2. The average Bonchev–Trinajstić information content (AvgIpc) is 2.90. The molecule has 1 N–H and O–H groups in total. The van der Waals surface area contributed by atoms with Crippen molar-refractivity contribution >= 4 is 33.5 Å². The number of amides is 1. The lowest BCUT2D eigenvalue weighted by atomic mass is 10.2. The predicted molar refractivity (Wildman–Crippen MR) is 82.0 cm³/mol. The fourth-order valence-electron chi connectivity index (χ4n) is 2.29. The number of carbonyl (C=O) groups excluding carboxylic acids is 1. The number of carboxylic acid groups (broad SMARTS) is 1. The van der Waals surface area contributed by atoms with Crippen LogP contribution in [-0.2, 0) is 16.3 Å². The third kappa shape index (κ3) is 3.30. The Kier molecular flexibility index (Phi) is 4.86. The smallest absolute Gasteiger partial charge is 0.339 e. The number of hydrogen-bond donors (Lipinski definition) is 1. The van der Waals surface area contributed by atoms with E-state index in [0.717, 1.165) is 6.26 Å². The molecule has 22 heavy (non-hydrogen) atoms. The molecular formula is C13H17NO6S2. The number of furan rings is 1. The van der Waals surface area contributed by atoms with Crippen LogP contribution in [0.5, 0.6) is 0 Å². The Balaban J connectivity index is 2.36.